The lowest BCUT2D eigenvalue weighted by atomic mass is 10.00. The van der Waals surface area contributed by atoms with E-state index in [0.29, 0.717) is 36.2 Å². The van der Waals surface area contributed by atoms with Gasteiger partial charge in [0.1, 0.15) is 11.8 Å². The molecule has 3 heterocycles. The van der Waals surface area contributed by atoms with Gasteiger partial charge in [0, 0.05) is 29.7 Å². The molecule has 2 aromatic rings. The van der Waals surface area contributed by atoms with Crippen molar-refractivity contribution in [3.05, 3.63) is 64.2 Å². The van der Waals surface area contributed by atoms with Gasteiger partial charge in [0.2, 0.25) is 11.8 Å². The fraction of sp³-hybridized carbons (Fsp3) is 0.407. The maximum Gasteiger partial charge on any atom is 0.255 e. The molecule has 188 valence electrons. The van der Waals surface area contributed by atoms with Gasteiger partial charge in [-0.25, -0.2) is 0 Å². The molecule has 1 N–H and O–H groups in total. The Hall–Kier alpha value is -3.72. The molecule has 0 aromatic heterocycles. The lowest BCUT2D eigenvalue weighted by Crippen LogP contribution is -2.53. The van der Waals surface area contributed by atoms with Crippen LogP contribution in [-0.2, 0) is 16.1 Å². The molecule has 5 rings (SSSR count). The molecular formula is C27H30N4O5. The Morgan fingerprint density at radius 3 is 2.61 bits per heavy atom. The van der Waals surface area contributed by atoms with Crippen molar-refractivity contribution in [2.45, 2.75) is 44.4 Å². The quantitative estimate of drug-likeness (QED) is 0.646. The molecule has 0 bridgehead atoms. The lowest BCUT2D eigenvalue weighted by molar-refractivity contribution is -0.137. The van der Waals surface area contributed by atoms with Gasteiger partial charge in [-0.2, -0.15) is 0 Å². The Morgan fingerprint density at radius 1 is 1.14 bits per heavy atom. The predicted molar refractivity (Wildman–Crippen MR) is 131 cm³/mol. The summed E-state index contributed by atoms with van der Waals surface area (Å²) in [5.74, 6) is -0.390. The van der Waals surface area contributed by atoms with Crippen LogP contribution in [0.15, 0.2) is 36.4 Å². The van der Waals surface area contributed by atoms with Crippen molar-refractivity contribution in [2.75, 3.05) is 27.7 Å². The van der Waals surface area contributed by atoms with Crippen molar-refractivity contribution in [2.24, 2.45) is 0 Å². The highest BCUT2D eigenvalue weighted by Crippen LogP contribution is 2.41. The number of carbonyl (C=O) groups is 4. The Bertz CT molecular complexity index is 1270. The van der Waals surface area contributed by atoms with E-state index < -0.39 is 18.0 Å². The standard InChI is InChI=1S/C27H30N4O5/c1-15-19-12-16(8-9-18(19)27(35)31(15)21-10-11-24(32)28-25(21)33)26(34)30-13-20-17(22(30)14-29(2)3)6-5-7-23(20)36-4/h5-9,12,15,21-22H,10-11,13-14H2,1-4H3,(H,28,32,33)/t15-,21+,22+/m1/s1. The molecule has 1 fully saturated rings. The van der Waals surface area contributed by atoms with Gasteiger partial charge in [0.25, 0.3) is 11.8 Å². The second-order valence-corrected chi connectivity index (χ2v) is 9.90. The number of nitrogens with zero attached hydrogens (tertiary/aromatic N) is 3. The third kappa shape index (κ3) is 3.83. The summed E-state index contributed by atoms with van der Waals surface area (Å²) in [6, 6.07) is 9.81. The van der Waals surface area contributed by atoms with Gasteiger partial charge in [-0.15, -0.1) is 0 Å². The molecule has 3 atom stereocenters. The Morgan fingerprint density at radius 2 is 1.92 bits per heavy atom. The highest BCUT2D eigenvalue weighted by molar-refractivity contribution is 6.06. The van der Waals surface area contributed by atoms with Crippen LogP contribution in [0.1, 0.15) is 69.3 Å². The summed E-state index contributed by atoms with van der Waals surface area (Å²) in [4.78, 5) is 56.5. The predicted octanol–water partition coefficient (Wildman–Crippen LogP) is 2.28. The van der Waals surface area contributed by atoms with Gasteiger partial charge in [-0.1, -0.05) is 12.1 Å². The first-order valence-electron chi connectivity index (χ1n) is 12.1. The zero-order chi connectivity index (χ0) is 25.7. The Balaban J connectivity index is 1.45. The van der Waals surface area contributed by atoms with E-state index in [4.69, 9.17) is 4.74 Å². The second-order valence-electron chi connectivity index (χ2n) is 9.90. The van der Waals surface area contributed by atoms with Crippen LogP contribution in [0.3, 0.4) is 0 Å². The van der Waals surface area contributed by atoms with Gasteiger partial charge in [0.05, 0.1) is 25.7 Å². The monoisotopic (exact) mass is 490 g/mol. The van der Waals surface area contributed by atoms with Crippen LogP contribution in [0.5, 0.6) is 5.75 Å². The topological polar surface area (TPSA) is 99.3 Å². The highest BCUT2D eigenvalue weighted by atomic mass is 16.5. The van der Waals surface area contributed by atoms with Crippen molar-refractivity contribution < 1.29 is 23.9 Å². The van der Waals surface area contributed by atoms with E-state index in [-0.39, 0.29) is 30.2 Å². The SMILES string of the molecule is COc1cccc2c1CN(C(=O)c1ccc3c(c1)[C@@H](C)N([C@H]1CCC(=O)NC1=O)C3=O)[C@H]2CN(C)C. The smallest absolute Gasteiger partial charge is 0.255 e. The van der Waals surface area contributed by atoms with Gasteiger partial charge in [0.15, 0.2) is 0 Å². The highest BCUT2D eigenvalue weighted by Gasteiger charge is 2.44. The maximum atomic E-state index is 13.8. The Labute approximate surface area is 210 Å². The molecule has 2 aromatic carbocycles. The van der Waals surface area contributed by atoms with E-state index in [1.807, 2.05) is 44.1 Å². The van der Waals surface area contributed by atoms with E-state index in [1.54, 1.807) is 25.3 Å². The number of benzene rings is 2. The third-order valence-corrected chi connectivity index (χ3v) is 7.43. The van der Waals surface area contributed by atoms with E-state index >= 15 is 0 Å². The molecule has 3 aliphatic heterocycles. The van der Waals surface area contributed by atoms with E-state index in [2.05, 4.69) is 10.2 Å². The number of piperidine rings is 1. The van der Waals surface area contributed by atoms with Gasteiger partial charge < -0.3 is 19.4 Å². The third-order valence-electron chi connectivity index (χ3n) is 7.43. The number of rotatable bonds is 5. The van der Waals surface area contributed by atoms with Gasteiger partial charge in [-0.3, -0.25) is 24.5 Å². The van der Waals surface area contributed by atoms with Crippen LogP contribution in [-0.4, -0.2) is 72.1 Å². The number of imide groups is 1. The minimum atomic E-state index is -0.707. The lowest BCUT2D eigenvalue weighted by Gasteiger charge is -2.33. The molecule has 0 unspecified atom stereocenters. The molecule has 0 saturated carbocycles. The van der Waals surface area contributed by atoms with E-state index in [1.165, 1.54) is 4.90 Å². The largest absolute Gasteiger partial charge is 0.496 e. The van der Waals surface area contributed by atoms with Crippen LogP contribution in [0.2, 0.25) is 0 Å². The summed E-state index contributed by atoms with van der Waals surface area (Å²) in [7, 11) is 5.59. The number of fused-ring (bicyclic) bond motifs is 2. The van der Waals surface area contributed by atoms with E-state index in [0.717, 1.165) is 16.9 Å². The summed E-state index contributed by atoms with van der Waals surface area (Å²) in [6.45, 7) is 2.95. The molecule has 3 aliphatic rings. The minimum Gasteiger partial charge on any atom is -0.496 e. The van der Waals surface area contributed by atoms with Crippen molar-refractivity contribution in [3.63, 3.8) is 0 Å². The van der Waals surface area contributed by atoms with Crippen LogP contribution in [0, 0.1) is 0 Å². The second kappa shape index (κ2) is 9.05. The first-order chi connectivity index (χ1) is 17.2. The van der Waals surface area contributed by atoms with Crippen LogP contribution in [0.25, 0.3) is 0 Å². The zero-order valence-corrected chi connectivity index (χ0v) is 20.9. The van der Waals surface area contributed by atoms with Crippen LogP contribution in [0.4, 0.5) is 0 Å². The average molecular weight is 491 g/mol. The number of amides is 4. The summed E-state index contributed by atoms with van der Waals surface area (Å²) < 4.78 is 5.57. The van der Waals surface area contributed by atoms with Crippen molar-refractivity contribution >= 4 is 23.6 Å². The number of methoxy groups -OCH3 is 1. The summed E-state index contributed by atoms with van der Waals surface area (Å²) in [5, 5.41) is 2.33. The molecule has 9 nitrogen and oxygen atoms in total. The maximum absolute atomic E-state index is 13.8. The van der Waals surface area contributed by atoms with Crippen molar-refractivity contribution in [3.8, 4) is 5.75 Å². The van der Waals surface area contributed by atoms with Crippen LogP contribution >= 0.6 is 0 Å². The molecule has 1 saturated heterocycles. The molecule has 4 amide bonds. The molecule has 36 heavy (non-hydrogen) atoms. The number of nitrogens with one attached hydrogen (secondary N) is 1. The van der Waals surface area contributed by atoms with Gasteiger partial charge in [-0.05, 0) is 62.8 Å². The van der Waals surface area contributed by atoms with Crippen LogP contribution < -0.4 is 10.1 Å². The Kier molecular flexibility index (Phi) is 6.04. The number of hydrogen-bond donors (Lipinski definition) is 1. The zero-order valence-electron chi connectivity index (χ0n) is 20.9. The number of carbonyl (C=O) groups excluding carboxylic acids is 4. The molecule has 0 aliphatic carbocycles. The van der Waals surface area contributed by atoms with E-state index in [9.17, 15) is 19.2 Å². The average Bonchev–Trinajstić information content (AvgIpc) is 3.33. The number of likely N-dealkylation sites (N-methyl/N-ethyl adjacent to an activating group) is 1. The number of ether oxygens (including phenoxy) is 1. The number of hydrogen-bond acceptors (Lipinski definition) is 6. The molecule has 0 spiro atoms. The van der Waals surface area contributed by atoms with Crippen molar-refractivity contribution in [1.29, 1.82) is 0 Å². The first-order valence-corrected chi connectivity index (χ1v) is 12.1. The summed E-state index contributed by atoms with van der Waals surface area (Å²) in [5.41, 5.74) is 3.78. The summed E-state index contributed by atoms with van der Waals surface area (Å²) in [6.07, 6.45) is 0.486. The minimum absolute atomic E-state index is 0.123. The fourth-order valence-electron chi connectivity index (χ4n) is 5.69. The van der Waals surface area contributed by atoms with Gasteiger partial charge >= 0.3 is 0 Å². The first kappa shape index (κ1) is 24.0. The molecule has 9 heteroatoms. The fourth-order valence-corrected chi connectivity index (χ4v) is 5.69. The van der Waals surface area contributed by atoms with Crippen molar-refractivity contribution in [1.82, 2.24) is 20.0 Å². The molecule has 0 radical (unpaired) electrons. The molecular weight excluding hydrogens is 460 g/mol. The summed E-state index contributed by atoms with van der Waals surface area (Å²) >= 11 is 0. The normalized spacial score (nSPS) is 23.1.